The molecule has 0 radical (unpaired) electrons. The molecule has 1 nitrogen and oxygen atoms in total. The van der Waals surface area contributed by atoms with Gasteiger partial charge < -0.3 is 5.73 Å². The summed E-state index contributed by atoms with van der Waals surface area (Å²) in [5, 5.41) is 0.926. The molecular weight excluding hydrogens is 154 g/mol. The molecule has 1 aliphatic carbocycles. The Balaban J connectivity index is 2.07. The van der Waals surface area contributed by atoms with E-state index in [-0.39, 0.29) is 0 Å². The van der Waals surface area contributed by atoms with Crippen molar-refractivity contribution in [3.05, 3.63) is 0 Å². The lowest BCUT2D eigenvalue weighted by Crippen LogP contribution is -2.27. The van der Waals surface area contributed by atoms with Gasteiger partial charge in [0.25, 0.3) is 0 Å². The van der Waals surface area contributed by atoms with Gasteiger partial charge in [0.15, 0.2) is 0 Å². The van der Waals surface area contributed by atoms with Crippen LogP contribution >= 0.6 is 11.8 Å². The summed E-state index contributed by atoms with van der Waals surface area (Å²) in [5.41, 5.74) is 5.82. The number of nitrogens with two attached hydrogens (primary N) is 1. The van der Waals surface area contributed by atoms with Gasteiger partial charge in [-0.15, -0.1) is 0 Å². The van der Waals surface area contributed by atoms with E-state index in [9.17, 15) is 0 Å². The van der Waals surface area contributed by atoms with Crippen molar-refractivity contribution in [2.45, 2.75) is 50.3 Å². The van der Waals surface area contributed by atoms with E-state index in [0.717, 1.165) is 5.25 Å². The van der Waals surface area contributed by atoms with Crippen LogP contribution in [0.4, 0.5) is 0 Å². The van der Waals surface area contributed by atoms with Crippen molar-refractivity contribution in [1.82, 2.24) is 0 Å². The average Bonchev–Trinajstić information content (AvgIpc) is 2.04. The summed E-state index contributed by atoms with van der Waals surface area (Å²) < 4.78 is 0. The fourth-order valence-electron chi connectivity index (χ4n) is 1.54. The van der Waals surface area contributed by atoms with Gasteiger partial charge >= 0.3 is 0 Å². The molecule has 0 amide bonds. The Morgan fingerprint density at radius 2 is 1.91 bits per heavy atom. The fraction of sp³-hybridized carbons (Fsp3) is 1.00. The van der Waals surface area contributed by atoms with Gasteiger partial charge in [0.1, 0.15) is 0 Å². The topological polar surface area (TPSA) is 26.0 Å². The molecular formula is C9H19NS. The van der Waals surface area contributed by atoms with Crippen LogP contribution in [-0.4, -0.2) is 17.0 Å². The molecule has 0 atom stereocenters. The van der Waals surface area contributed by atoms with Crippen molar-refractivity contribution in [3.63, 3.8) is 0 Å². The zero-order chi connectivity index (χ0) is 8.10. The largest absolute Gasteiger partial charge is 0.328 e. The molecule has 0 aromatic carbocycles. The molecule has 1 aliphatic rings. The van der Waals surface area contributed by atoms with Crippen molar-refractivity contribution in [1.29, 1.82) is 0 Å². The van der Waals surface area contributed by atoms with Crippen molar-refractivity contribution < 1.29 is 0 Å². The standard InChI is InChI=1S/C9H19NS/c1-2-7-11-9-5-3-8(10)4-6-9/h8-9H,2-7,10H2,1H3. The fourth-order valence-corrected chi connectivity index (χ4v) is 2.71. The Kier molecular flexibility index (Phi) is 4.31. The molecule has 0 unspecified atom stereocenters. The lowest BCUT2D eigenvalue weighted by molar-refractivity contribution is 0.451. The van der Waals surface area contributed by atoms with E-state index in [1.165, 1.54) is 37.9 Å². The Morgan fingerprint density at radius 3 is 2.45 bits per heavy atom. The van der Waals surface area contributed by atoms with Crippen LogP contribution in [0.1, 0.15) is 39.0 Å². The van der Waals surface area contributed by atoms with Crippen molar-refractivity contribution in [2.24, 2.45) is 5.73 Å². The molecule has 66 valence electrons. The van der Waals surface area contributed by atoms with Gasteiger partial charge in [-0.1, -0.05) is 6.92 Å². The molecule has 0 aliphatic heterocycles. The van der Waals surface area contributed by atoms with Gasteiger partial charge in [-0.05, 0) is 37.9 Å². The quantitative estimate of drug-likeness (QED) is 0.709. The maximum Gasteiger partial charge on any atom is 0.00482 e. The van der Waals surface area contributed by atoms with E-state index in [0.29, 0.717) is 6.04 Å². The van der Waals surface area contributed by atoms with Crippen molar-refractivity contribution in [2.75, 3.05) is 5.75 Å². The lowest BCUT2D eigenvalue weighted by atomic mass is 9.96. The second-order valence-electron chi connectivity index (χ2n) is 3.41. The van der Waals surface area contributed by atoms with E-state index in [1.54, 1.807) is 0 Å². The summed E-state index contributed by atoms with van der Waals surface area (Å²) >= 11 is 2.14. The minimum absolute atomic E-state index is 0.508. The van der Waals surface area contributed by atoms with Gasteiger partial charge in [-0.3, -0.25) is 0 Å². The van der Waals surface area contributed by atoms with Crippen LogP contribution in [0.3, 0.4) is 0 Å². The highest BCUT2D eigenvalue weighted by Gasteiger charge is 2.17. The van der Waals surface area contributed by atoms with Crippen LogP contribution in [-0.2, 0) is 0 Å². The predicted molar refractivity (Wildman–Crippen MR) is 53.0 cm³/mol. The van der Waals surface area contributed by atoms with Crippen LogP contribution in [0.5, 0.6) is 0 Å². The van der Waals surface area contributed by atoms with E-state index in [4.69, 9.17) is 5.73 Å². The van der Waals surface area contributed by atoms with Crippen LogP contribution in [0.15, 0.2) is 0 Å². The third-order valence-electron chi connectivity index (χ3n) is 2.28. The number of hydrogen-bond donors (Lipinski definition) is 1. The first kappa shape index (κ1) is 9.40. The Morgan fingerprint density at radius 1 is 1.27 bits per heavy atom. The lowest BCUT2D eigenvalue weighted by Gasteiger charge is -2.25. The molecule has 11 heavy (non-hydrogen) atoms. The molecule has 1 fully saturated rings. The summed E-state index contributed by atoms with van der Waals surface area (Å²) in [6.45, 7) is 2.25. The third-order valence-corrected chi connectivity index (χ3v) is 3.86. The third kappa shape index (κ3) is 3.48. The van der Waals surface area contributed by atoms with Gasteiger partial charge in [0.05, 0.1) is 0 Å². The Hall–Kier alpha value is 0.310. The Bertz CT molecular complexity index is 95.0. The average molecular weight is 173 g/mol. The highest BCUT2D eigenvalue weighted by Crippen LogP contribution is 2.27. The zero-order valence-electron chi connectivity index (χ0n) is 7.38. The summed E-state index contributed by atoms with van der Waals surface area (Å²) in [6, 6.07) is 0.508. The SMILES string of the molecule is CCCSC1CCC(N)CC1. The molecule has 0 aromatic rings. The zero-order valence-corrected chi connectivity index (χ0v) is 8.20. The summed E-state index contributed by atoms with van der Waals surface area (Å²) in [6.07, 6.45) is 6.52. The second-order valence-corrected chi connectivity index (χ2v) is 4.82. The monoisotopic (exact) mass is 173 g/mol. The highest BCUT2D eigenvalue weighted by molar-refractivity contribution is 7.99. The molecule has 0 spiro atoms. The van der Waals surface area contributed by atoms with Gasteiger partial charge in [-0.25, -0.2) is 0 Å². The first-order valence-corrected chi connectivity index (χ1v) is 5.75. The van der Waals surface area contributed by atoms with Crippen molar-refractivity contribution >= 4 is 11.8 Å². The van der Waals surface area contributed by atoms with E-state index in [1.807, 2.05) is 0 Å². The van der Waals surface area contributed by atoms with Crippen molar-refractivity contribution in [3.8, 4) is 0 Å². The van der Waals surface area contributed by atoms with Gasteiger partial charge in [-0.2, -0.15) is 11.8 Å². The molecule has 2 heteroatoms. The molecule has 1 saturated carbocycles. The van der Waals surface area contributed by atoms with Crippen LogP contribution in [0, 0.1) is 0 Å². The van der Waals surface area contributed by atoms with E-state index >= 15 is 0 Å². The molecule has 0 aromatic heterocycles. The summed E-state index contributed by atoms with van der Waals surface area (Å²) in [7, 11) is 0. The number of thioether (sulfide) groups is 1. The Labute approximate surface area is 74.1 Å². The van der Waals surface area contributed by atoms with E-state index in [2.05, 4.69) is 18.7 Å². The predicted octanol–water partition coefficient (Wildman–Crippen LogP) is 2.40. The maximum absolute atomic E-state index is 5.82. The molecule has 0 bridgehead atoms. The van der Waals surface area contributed by atoms with Gasteiger partial charge in [0.2, 0.25) is 0 Å². The summed E-state index contributed by atoms with van der Waals surface area (Å²) in [4.78, 5) is 0. The van der Waals surface area contributed by atoms with Gasteiger partial charge in [0, 0.05) is 11.3 Å². The summed E-state index contributed by atoms with van der Waals surface area (Å²) in [5.74, 6) is 1.33. The smallest absolute Gasteiger partial charge is 0.00482 e. The van der Waals surface area contributed by atoms with E-state index < -0.39 is 0 Å². The first-order valence-electron chi connectivity index (χ1n) is 4.70. The number of hydrogen-bond acceptors (Lipinski definition) is 2. The number of rotatable bonds is 3. The first-order chi connectivity index (χ1) is 5.33. The highest BCUT2D eigenvalue weighted by atomic mass is 32.2. The molecule has 2 N–H and O–H groups in total. The van der Waals surface area contributed by atoms with Crippen LogP contribution < -0.4 is 5.73 Å². The maximum atomic E-state index is 5.82. The normalized spacial score (nSPS) is 32.2. The minimum Gasteiger partial charge on any atom is -0.328 e. The molecule has 0 saturated heterocycles. The molecule has 1 rings (SSSR count). The van der Waals surface area contributed by atoms with Crippen LogP contribution in [0.2, 0.25) is 0 Å². The van der Waals surface area contributed by atoms with Crippen LogP contribution in [0.25, 0.3) is 0 Å². The molecule has 0 heterocycles. The second kappa shape index (κ2) is 5.04. The minimum atomic E-state index is 0.508.